The normalized spacial score (nSPS) is 12.2. The number of halogens is 1. The van der Waals surface area contributed by atoms with Gasteiger partial charge in [-0.05, 0) is 56.5 Å². The van der Waals surface area contributed by atoms with Crippen molar-refractivity contribution in [2.75, 3.05) is 23.7 Å². The quantitative estimate of drug-likeness (QED) is 0.465. The maximum atomic E-state index is 13.5. The van der Waals surface area contributed by atoms with Crippen molar-refractivity contribution in [1.29, 1.82) is 0 Å². The van der Waals surface area contributed by atoms with Crippen LogP contribution >= 0.6 is 11.6 Å². The van der Waals surface area contributed by atoms with E-state index in [0.717, 1.165) is 40.1 Å². The van der Waals surface area contributed by atoms with Gasteiger partial charge in [0.25, 0.3) is 0 Å². The summed E-state index contributed by atoms with van der Waals surface area (Å²) >= 11 is 5.99. The molecular weight excluding hydrogens is 474 g/mol. The highest BCUT2D eigenvalue weighted by molar-refractivity contribution is 7.92. The molecule has 0 saturated heterocycles. The third kappa shape index (κ3) is 7.74. The van der Waals surface area contributed by atoms with Crippen LogP contribution in [0.5, 0.6) is 0 Å². The van der Waals surface area contributed by atoms with Crippen molar-refractivity contribution in [1.82, 2.24) is 10.2 Å². The Hall–Kier alpha value is -2.58. The molecule has 1 atom stereocenters. The van der Waals surface area contributed by atoms with Gasteiger partial charge in [0.15, 0.2) is 0 Å². The van der Waals surface area contributed by atoms with E-state index in [1.54, 1.807) is 50.2 Å². The Morgan fingerprint density at radius 3 is 2.29 bits per heavy atom. The summed E-state index contributed by atoms with van der Waals surface area (Å²) in [7, 11) is -3.76. The van der Waals surface area contributed by atoms with Crippen molar-refractivity contribution in [3.8, 4) is 0 Å². The van der Waals surface area contributed by atoms with Crippen LogP contribution in [-0.2, 0) is 26.2 Å². The minimum Gasteiger partial charge on any atom is -0.354 e. The minimum atomic E-state index is -3.76. The van der Waals surface area contributed by atoms with Crippen LogP contribution in [0.2, 0.25) is 5.02 Å². The highest BCUT2D eigenvalue weighted by Gasteiger charge is 2.30. The molecule has 2 aromatic carbocycles. The fourth-order valence-corrected chi connectivity index (χ4v) is 4.62. The molecule has 0 spiro atoms. The molecule has 0 saturated carbocycles. The molecule has 2 aromatic rings. The number of sulfonamides is 1. The van der Waals surface area contributed by atoms with E-state index in [0.29, 0.717) is 17.3 Å². The van der Waals surface area contributed by atoms with Gasteiger partial charge in [0.2, 0.25) is 21.8 Å². The van der Waals surface area contributed by atoms with Gasteiger partial charge in [-0.15, -0.1) is 0 Å². The van der Waals surface area contributed by atoms with Crippen LogP contribution in [0.1, 0.15) is 43.4 Å². The Balaban J connectivity index is 2.37. The first-order chi connectivity index (χ1) is 15.9. The van der Waals surface area contributed by atoms with Crippen molar-refractivity contribution >= 4 is 39.1 Å². The molecule has 1 N–H and O–H groups in total. The van der Waals surface area contributed by atoms with Crippen LogP contribution in [0.15, 0.2) is 42.5 Å². The van der Waals surface area contributed by atoms with Crippen LogP contribution in [-0.4, -0.2) is 50.5 Å². The summed E-state index contributed by atoms with van der Waals surface area (Å²) in [6.07, 6.45) is 2.84. The van der Waals surface area contributed by atoms with Crippen molar-refractivity contribution in [2.24, 2.45) is 0 Å². The Labute approximate surface area is 208 Å². The number of benzene rings is 2. The van der Waals surface area contributed by atoms with E-state index in [1.807, 2.05) is 19.9 Å². The molecule has 7 nitrogen and oxygen atoms in total. The number of carbonyl (C=O) groups is 2. The molecule has 0 aliphatic rings. The first kappa shape index (κ1) is 27.7. The molecule has 34 heavy (non-hydrogen) atoms. The standard InChI is InChI=1S/C25H34ClN3O4S/c1-6-7-14-27-25(31)20(4)28(16-21-9-11-22(26)12-10-21)24(30)17-29(34(5,32)33)23-13-8-18(2)15-19(23)3/h8-13,15,20H,6-7,14,16-17H2,1-5H3,(H,27,31)/t20-/m0/s1. The van der Waals surface area contributed by atoms with Gasteiger partial charge in [-0.25, -0.2) is 8.42 Å². The lowest BCUT2D eigenvalue weighted by Gasteiger charge is -2.32. The fraction of sp³-hybridized carbons (Fsp3) is 0.440. The van der Waals surface area contributed by atoms with Crippen LogP contribution in [0, 0.1) is 13.8 Å². The van der Waals surface area contributed by atoms with Gasteiger partial charge in [-0.3, -0.25) is 13.9 Å². The SMILES string of the molecule is CCCCNC(=O)[C@H](C)N(Cc1ccc(Cl)cc1)C(=O)CN(c1ccc(C)cc1C)S(C)(=O)=O. The number of nitrogens with zero attached hydrogens (tertiary/aromatic N) is 2. The molecule has 0 unspecified atom stereocenters. The number of hydrogen-bond acceptors (Lipinski definition) is 4. The van der Waals surface area contributed by atoms with Gasteiger partial charge >= 0.3 is 0 Å². The first-order valence-corrected chi connectivity index (χ1v) is 13.5. The van der Waals surface area contributed by atoms with E-state index in [9.17, 15) is 18.0 Å². The lowest BCUT2D eigenvalue weighted by atomic mass is 10.1. The van der Waals surface area contributed by atoms with Gasteiger partial charge in [-0.1, -0.05) is 54.8 Å². The van der Waals surface area contributed by atoms with Gasteiger partial charge in [0.1, 0.15) is 12.6 Å². The fourth-order valence-electron chi connectivity index (χ4n) is 3.59. The Morgan fingerprint density at radius 1 is 1.09 bits per heavy atom. The van der Waals surface area contributed by atoms with Crippen molar-refractivity contribution in [3.05, 3.63) is 64.2 Å². The van der Waals surface area contributed by atoms with E-state index in [1.165, 1.54) is 4.90 Å². The maximum absolute atomic E-state index is 13.5. The van der Waals surface area contributed by atoms with Crippen LogP contribution in [0.25, 0.3) is 0 Å². The van der Waals surface area contributed by atoms with Crippen molar-refractivity contribution in [2.45, 2.75) is 53.1 Å². The highest BCUT2D eigenvalue weighted by atomic mass is 35.5. The number of unbranched alkanes of at least 4 members (excludes halogenated alkanes) is 1. The van der Waals surface area contributed by atoms with E-state index >= 15 is 0 Å². The number of amides is 2. The summed E-state index contributed by atoms with van der Waals surface area (Å²) in [4.78, 5) is 27.7. The number of carbonyl (C=O) groups excluding carboxylic acids is 2. The summed E-state index contributed by atoms with van der Waals surface area (Å²) in [6, 6.07) is 11.6. The second-order valence-electron chi connectivity index (χ2n) is 8.53. The molecule has 0 fully saturated rings. The van der Waals surface area contributed by atoms with Gasteiger partial charge in [-0.2, -0.15) is 0 Å². The summed E-state index contributed by atoms with van der Waals surface area (Å²) in [5, 5.41) is 3.42. The highest BCUT2D eigenvalue weighted by Crippen LogP contribution is 2.24. The number of hydrogen-bond donors (Lipinski definition) is 1. The zero-order chi connectivity index (χ0) is 25.5. The number of aryl methyl sites for hydroxylation is 2. The smallest absolute Gasteiger partial charge is 0.244 e. The second-order valence-corrected chi connectivity index (χ2v) is 10.9. The first-order valence-electron chi connectivity index (χ1n) is 11.3. The average Bonchev–Trinajstić information content (AvgIpc) is 2.76. The van der Waals surface area contributed by atoms with E-state index < -0.39 is 28.5 Å². The van der Waals surface area contributed by atoms with Crippen LogP contribution in [0.3, 0.4) is 0 Å². The molecule has 2 rings (SSSR count). The summed E-state index contributed by atoms with van der Waals surface area (Å²) in [5.41, 5.74) is 2.95. The summed E-state index contributed by atoms with van der Waals surface area (Å²) in [5.74, 6) is -0.758. The lowest BCUT2D eigenvalue weighted by Crippen LogP contribution is -2.51. The summed E-state index contributed by atoms with van der Waals surface area (Å²) in [6.45, 7) is 7.64. The largest absolute Gasteiger partial charge is 0.354 e. The Bertz CT molecular complexity index is 1100. The topological polar surface area (TPSA) is 86.8 Å². The number of rotatable bonds is 11. The average molecular weight is 508 g/mol. The molecule has 0 aliphatic carbocycles. The number of nitrogens with one attached hydrogen (secondary N) is 1. The summed E-state index contributed by atoms with van der Waals surface area (Å²) < 4.78 is 26.4. The van der Waals surface area contributed by atoms with Gasteiger partial charge in [0, 0.05) is 18.1 Å². The van der Waals surface area contributed by atoms with Crippen LogP contribution < -0.4 is 9.62 Å². The van der Waals surface area contributed by atoms with Crippen LogP contribution in [0.4, 0.5) is 5.69 Å². The second kappa shape index (κ2) is 12.2. The Morgan fingerprint density at radius 2 is 1.74 bits per heavy atom. The third-order valence-electron chi connectivity index (χ3n) is 5.56. The molecule has 0 aliphatic heterocycles. The zero-order valence-corrected chi connectivity index (χ0v) is 22.0. The molecule has 0 bridgehead atoms. The van der Waals surface area contributed by atoms with E-state index in [4.69, 9.17) is 11.6 Å². The number of anilines is 1. The van der Waals surface area contributed by atoms with Crippen molar-refractivity contribution < 1.29 is 18.0 Å². The Kier molecular flexibility index (Phi) is 9.94. The van der Waals surface area contributed by atoms with Gasteiger partial charge in [0.05, 0.1) is 11.9 Å². The molecular formula is C25H34ClN3O4S. The molecule has 2 amide bonds. The molecule has 0 radical (unpaired) electrons. The molecule has 0 aromatic heterocycles. The van der Waals surface area contributed by atoms with Crippen molar-refractivity contribution in [3.63, 3.8) is 0 Å². The molecule has 9 heteroatoms. The van der Waals surface area contributed by atoms with Gasteiger partial charge < -0.3 is 10.2 Å². The van der Waals surface area contributed by atoms with E-state index in [-0.39, 0.29) is 12.5 Å². The molecule has 186 valence electrons. The predicted octanol–water partition coefficient (Wildman–Crippen LogP) is 4.06. The lowest BCUT2D eigenvalue weighted by molar-refractivity contribution is -0.139. The predicted molar refractivity (Wildman–Crippen MR) is 137 cm³/mol. The maximum Gasteiger partial charge on any atom is 0.244 e. The van der Waals surface area contributed by atoms with E-state index in [2.05, 4.69) is 5.32 Å². The minimum absolute atomic E-state index is 0.142. The molecule has 0 heterocycles. The zero-order valence-electron chi connectivity index (χ0n) is 20.5. The third-order valence-corrected chi connectivity index (χ3v) is 6.94. The monoisotopic (exact) mass is 507 g/mol.